The van der Waals surface area contributed by atoms with Gasteiger partial charge in [0.15, 0.2) is 5.16 Å². The number of thioether (sulfide) groups is 1. The second-order valence-corrected chi connectivity index (χ2v) is 8.45. The SMILES string of the molecule is CSc1nc2c(c(=O)[nH]1)CN(Cc1cccn1Cc1ccc(Cl)c(Cl)c1)CC2. The number of rotatable bonds is 5. The Balaban J connectivity index is 1.50. The summed E-state index contributed by atoms with van der Waals surface area (Å²) in [4.78, 5) is 22.1. The maximum Gasteiger partial charge on any atom is 0.256 e. The van der Waals surface area contributed by atoms with E-state index in [0.29, 0.717) is 21.7 Å². The van der Waals surface area contributed by atoms with Crippen molar-refractivity contribution in [3.05, 3.63) is 79.4 Å². The zero-order valence-corrected chi connectivity index (χ0v) is 17.7. The zero-order chi connectivity index (χ0) is 19.7. The van der Waals surface area contributed by atoms with Gasteiger partial charge >= 0.3 is 0 Å². The van der Waals surface area contributed by atoms with Crippen LogP contribution in [0.25, 0.3) is 0 Å². The van der Waals surface area contributed by atoms with Gasteiger partial charge in [0.25, 0.3) is 5.56 Å². The molecule has 146 valence electrons. The first kappa shape index (κ1) is 19.6. The minimum absolute atomic E-state index is 0.0229. The molecule has 0 radical (unpaired) electrons. The van der Waals surface area contributed by atoms with E-state index < -0.39 is 0 Å². The van der Waals surface area contributed by atoms with Gasteiger partial charge in [0.1, 0.15) is 0 Å². The zero-order valence-electron chi connectivity index (χ0n) is 15.4. The Kier molecular flexibility index (Phi) is 5.83. The molecule has 1 aliphatic heterocycles. The van der Waals surface area contributed by atoms with Crippen molar-refractivity contribution >= 4 is 35.0 Å². The van der Waals surface area contributed by atoms with Gasteiger partial charge in [0.2, 0.25) is 0 Å². The molecule has 0 saturated heterocycles. The van der Waals surface area contributed by atoms with Gasteiger partial charge in [-0.15, -0.1) is 0 Å². The summed E-state index contributed by atoms with van der Waals surface area (Å²) in [5, 5.41) is 1.82. The van der Waals surface area contributed by atoms with E-state index in [9.17, 15) is 4.79 Å². The average molecular weight is 435 g/mol. The van der Waals surface area contributed by atoms with Crippen LogP contribution < -0.4 is 5.56 Å². The van der Waals surface area contributed by atoms with Crippen molar-refractivity contribution in [3.63, 3.8) is 0 Å². The molecule has 28 heavy (non-hydrogen) atoms. The summed E-state index contributed by atoms with van der Waals surface area (Å²) in [5.41, 5.74) is 3.98. The highest BCUT2D eigenvalue weighted by Crippen LogP contribution is 2.24. The van der Waals surface area contributed by atoms with Crippen LogP contribution >= 0.6 is 35.0 Å². The molecule has 1 aromatic carbocycles. The van der Waals surface area contributed by atoms with Crippen LogP contribution in [0.1, 0.15) is 22.5 Å². The Morgan fingerprint density at radius 1 is 1.21 bits per heavy atom. The van der Waals surface area contributed by atoms with Gasteiger partial charge in [0.05, 0.1) is 21.3 Å². The molecule has 0 atom stereocenters. The molecule has 4 rings (SSSR count). The van der Waals surface area contributed by atoms with Crippen LogP contribution in [0.4, 0.5) is 0 Å². The lowest BCUT2D eigenvalue weighted by Crippen LogP contribution is -2.35. The van der Waals surface area contributed by atoms with E-state index in [-0.39, 0.29) is 5.56 Å². The maximum atomic E-state index is 12.4. The van der Waals surface area contributed by atoms with Crippen molar-refractivity contribution in [2.45, 2.75) is 31.2 Å². The Morgan fingerprint density at radius 2 is 2.07 bits per heavy atom. The van der Waals surface area contributed by atoms with E-state index in [0.717, 1.165) is 42.9 Å². The summed E-state index contributed by atoms with van der Waals surface area (Å²) in [6.07, 6.45) is 4.77. The molecule has 0 aliphatic carbocycles. The average Bonchev–Trinajstić information content (AvgIpc) is 3.11. The molecule has 1 N–H and O–H groups in total. The van der Waals surface area contributed by atoms with E-state index in [1.165, 1.54) is 17.5 Å². The highest BCUT2D eigenvalue weighted by Gasteiger charge is 2.22. The van der Waals surface area contributed by atoms with Crippen molar-refractivity contribution < 1.29 is 0 Å². The maximum absolute atomic E-state index is 12.4. The van der Waals surface area contributed by atoms with Crippen LogP contribution in [0.5, 0.6) is 0 Å². The Hall–Kier alpha value is -1.73. The van der Waals surface area contributed by atoms with E-state index in [4.69, 9.17) is 23.2 Å². The van der Waals surface area contributed by atoms with Crippen molar-refractivity contribution in [1.82, 2.24) is 19.4 Å². The summed E-state index contributed by atoms with van der Waals surface area (Å²) in [6, 6.07) is 9.88. The lowest BCUT2D eigenvalue weighted by molar-refractivity contribution is 0.235. The van der Waals surface area contributed by atoms with E-state index >= 15 is 0 Å². The number of H-pyrrole nitrogens is 1. The van der Waals surface area contributed by atoms with Crippen LogP contribution in [0.3, 0.4) is 0 Å². The highest BCUT2D eigenvalue weighted by molar-refractivity contribution is 7.98. The minimum Gasteiger partial charge on any atom is -0.346 e. The predicted octanol–water partition coefficient (Wildman–Crippen LogP) is 4.21. The topological polar surface area (TPSA) is 53.9 Å². The highest BCUT2D eigenvalue weighted by atomic mass is 35.5. The summed E-state index contributed by atoms with van der Waals surface area (Å²) in [7, 11) is 0. The number of aromatic amines is 1. The van der Waals surface area contributed by atoms with E-state index in [2.05, 4.69) is 31.7 Å². The summed E-state index contributed by atoms with van der Waals surface area (Å²) in [5.74, 6) is 0. The lowest BCUT2D eigenvalue weighted by atomic mass is 10.1. The molecular weight excluding hydrogens is 415 g/mol. The quantitative estimate of drug-likeness (QED) is 0.482. The second kappa shape index (κ2) is 8.33. The van der Waals surface area contributed by atoms with Gasteiger partial charge in [-0.3, -0.25) is 9.69 Å². The largest absolute Gasteiger partial charge is 0.346 e. The fourth-order valence-corrected chi connectivity index (χ4v) is 4.22. The molecular formula is C20H20Cl2N4OS. The number of benzene rings is 1. The smallest absolute Gasteiger partial charge is 0.256 e. The molecule has 0 bridgehead atoms. The molecule has 0 unspecified atom stereocenters. The standard InChI is InChI=1S/C20H20Cl2N4OS/c1-28-20-23-18-6-8-25(12-15(18)19(27)24-20)11-14-3-2-7-26(14)10-13-4-5-16(21)17(22)9-13/h2-5,7,9H,6,8,10-12H2,1H3,(H,23,24,27). The fraction of sp³-hybridized carbons (Fsp3) is 0.300. The van der Waals surface area contributed by atoms with Crippen LogP contribution in [-0.4, -0.2) is 32.2 Å². The van der Waals surface area contributed by atoms with Gasteiger partial charge in [-0.1, -0.05) is 41.0 Å². The summed E-state index contributed by atoms with van der Waals surface area (Å²) < 4.78 is 2.20. The molecule has 3 aromatic rings. The minimum atomic E-state index is -0.0229. The Bertz CT molecular complexity index is 1060. The first-order valence-electron chi connectivity index (χ1n) is 9.00. The third-order valence-electron chi connectivity index (χ3n) is 4.97. The van der Waals surface area contributed by atoms with Gasteiger partial charge in [-0.2, -0.15) is 0 Å². The van der Waals surface area contributed by atoms with Crippen LogP contribution in [0.2, 0.25) is 10.0 Å². The van der Waals surface area contributed by atoms with E-state index in [1.54, 1.807) is 0 Å². The number of aromatic nitrogens is 3. The monoisotopic (exact) mass is 434 g/mol. The van der Waals surface area contributed by atoms with Crippen molar-refractivity contribution in [2.75, 3.05) is 12.8 Å². The summed E-state index contributed by atoms with van der Waals surface area (Å²) in [6.45, 7) is 3.00. The summed E-state index contributed by atoms with van der Waals surface area (Å²) >= 11 is 13.6. The third-order valence-corrected chi connectivity index (χ3v) is 6.28. The molecule has 0 amide bonds. The fourth-order valence-electron chi connectivity index (χ4n) is 3.50. The second-order valence-electron chi connectivity index (χ2n) is 6.84. The molecule has 5 nitrogen and oxygen atoms in total. The van der Waals surface area contributed by atoms with Crippen LogP contribution in [0.15, 0.2) is 46.5 Å². The number of nitrogens with one attached hydrogen (secondary N) is 1. The normalized spacial score (nSPS) is 14.2. The van der Waals surface area contributed by atoms with Gasteiger partial charge in [-0.05, 0) is 36.1 Å². The Morgan fingerprint density at radius 3 is 2.86 bits per heavy atom. The van der Waals surface area contributed by atoms with Gasteiger partial charge in [-0.25, -0.2) is 4.98 Å². The molecule has 3 heterocycles. The number of hydrogen-bond acceptors (Lipinski definition) is 4. The first-order valence-corrected chi connectivity index (χ1v) is 11.0. The number of halogens is 2. The molecule has 8 heteroatoms. The van der Waals surface area contributed by atoms with Gasteiger partial charge in [0, 0.05) is 44.5 Å². The van der Waals surface area contributed by atoms with Gasteiger partial charge < -0.3 is 9.55 Å². The van der Waals surface area contributed by atoms with Crippen LogP contribution in [-0.2, 0) is 26.1 Å². The molecule has 2 aromatic heterocycles. The molecule has 0 spiro atoms. The molecule has 0 fully saturated rings. The number of nitrogens with zero attached hydrogens (tertiary/aromatic N) is 3. The predicted molar refractivity (Wildman–Crippen MR) is 114 cm³/mol. The van der Waals surface area contributed by atoms with Crippen LogP contribution in [0, 0.1) is 0 Å². The molecule has 1 aliphatic rings. The molecule has 0 saturated carbocycles. The number of fused-ring (bicyclic) bond motifs is 1. The first-order chi connectivity index (χ1) is 13.5. The van der Waals surface area contributed by atoms with Crippen molar-refractivity contribution in [3.8, 4) is 0 Å². The lowest BCUT2D eigenvalue weighted by Gasteiger charge is -2.28. The van der Waals surface area contributed by atoms with Crippen molar-refractivity contribution in [1.29, 1.82) is 0 Å². The third kappa shape index (κ3) is 4.15. The Labute approximate surface area is 177 Å². The number of hydrogen-bond donors (Lipinski definition) is 1. The van der Waals surface area contributed by atoms with E-state index in [1.807, 2.05) is 30.5 Å². The van der Waals surface area contributed by atoms with Crippen molar-refractivity contribution in [2.24, 2.45) is 0 Å².